The van der Waals surface area contributed by atoms with Crippen LogP contribution in [0.15, 0.2) is 24.5 Å². The van der Waals surface area contributed by atoms with Crippen molar-refractivity contribution in [3.63, 3.8) is 0 Å². The molecule has 0 saturated carbocycles. The second-order valence-electron chi connectivity index (χ2n) is 4.72. The van der Waals surface area contributed by atoms with E-state index >= 15 is 0 Å². The molecule has 5 heteroatoms. The van der Waals surface area contributed by atoms with E-state index in [2.05, 4.69) is 27.0 Å². The summed E-state index contributed by atoms with van der Waals surface area (Å²) in [5.74, 6) is 0. The van der Waals surface area contributed by atoms with E-state index in [1.807, 2.05) is 26.1 Å². The summed E-state index contributed by atoms with van der Waals surface area (Å²) < 4.78 is 0. The molecule has 2 aromatic rings. The number of nitrogens with zero attached hydrogens (tertiary/aromatic N) is 4. The molecule has 0 spiro atoms. The molecule has 0 radical (unpaired) electrons. The van der Waals surface area contributed by atoms with Gasteiger partial charge < -0.3 is 0 Å². The van der Waals surface area contributed by atoms with Crippen LogP contribution >= 0.6 is 11.3 Å². The second kappa shape index (κ2) is 7.13. The largest absolute Gasteiger partial charge is 0.293 e. The average Bonchev–Trinajstić information content (AvgIpc) is 2.75. The maximum atomic E-state index is 8.81. The minimum atomic E-state index is 0.539. The summed E-state index contributed by atoms with van der Waals surface area (Å²) in [7, 11) is 0. The van der Waals surface area contributed by atoms with Crippen molar-refractivity contribution in [2.45, 2.75) is 33.4 Å². The first-order valence-electron chi connectivity index (χ1n) is 6.60. The molecule has 20 heavy (non-hydrogen) atoms. The molecule has 0 bridgehead atoms. The van der Waals surface area contributed by atoms with E-state index in [1.54, 1.807) is 17.5 Å². The number of aryl methyl sites for hydroxylation is 2. The third-order valence-corrected chi connectivity index (χ3v) is 4.09. The van der Waals surface area contributed by atoms with Crippen molar-refractivity contribution in [1.82, 2.24) is 14.9 Å². The van der Waals surface area contributed by atoms with Gasteiger partial charge in [0.05, 0.1) is 16.8 Å². The number of rotatable bonds is 6. The van der Waals surface area contributed by atoms with Crippen LogP contribution in [0.5, 0.6) is 0 Å². The van der Waals surface area contributed by atoms with Crippen molar-refractivity contribution in [2.75, 3.05) is 6.54 Å². The Hall–Kier alpha value is -1.77. The molecule has 0 amide bonds. The quantitative estimate of drug-likeness (QED) is 0.819. The highest BCUT2D eigenvalue weighted by Gasteiger charge is 2.11. The Balaban J connectivity index is 2.07. The molecule has 0 aromatic carbocycles. The molecule has 0 aliphatic rings. The van der Waals surface area contributed by atoms with Gasteiger partial charge in [0.1, 0.15) is 0 Å². The predicted molar refractivity (Wildman–Crippen MR) is 80.2 cm³/mol. The average molecular weight is 286 g/mol. The molecule has 0 atom stereocenters. The second-order valence-corrected chi connectivity index (χ2v) is 6.01. The normalized spacial score (nSPS) is 10.7. The summed E-state index contributed by atoms with van der Waals surface area (Å²) >= 11 is 1.74. The lowest BCUT2D eigenvalue weighted by molar-refractivity contribution is 0.264. The maximum Gasteiger partial charge on any atom is 0.0900 e. The van der Waals surface area contributed by atoms with Crippen LogP contribution in [0.3, 0.4) is 0 Å². The topological polar surface area (TPSA) is 52.8 Å². The van der Waals surface area contributed by atoms with E-state index < -0.39 is 0 Å². The molecule has 0 unspecified atom stereocenters. The summed E-state index contributed by atoms with van der Waals surface area (Å²) in [6.07, 6.45) is 4.20. The van der Waals surface area contributed by atoms with Crippen LogP contribution in [0.25, 0.3) is 0 Å². The standard InChI is InChI=1S/C15H18N4S/c1-12-15(20-13(2)18-12)11-19(8-4-6-16)10-14-5-3-7-17-9-14/h3,5,7,9H,4,8,10-11H2,1-2H3. The van der Waals surface area contributed by atoms with Crippen LogP contribution in [0.4, 0.5) is 0 Å². The Morgan fingerprint density at radius 2 is 2.20 bits per heavy atom. The van der Waals surface area contributed by atoms with Crippen LogP contribution in [-0.4, -0.2) is 21.4 Å². The van der Waals surface area contributed by atoms with Crippen molar-refractivity contribution in [1.29, 1.82) is 5.26 Å². The van der Waals surface area contributed by atoms with Gasteiger partial charge in [0, 0.05) is 43.3 Å². The Kier molecular flexibility index (Phi) is 5.22. The van der Waals surface area contributed by atoms with Gasteiger partial charge in [-0.3, -0.25) is 9.88 Å². The highest BCUT2D eigenvalue weighted by atomic mass is 32.1. The van der Waals surface area contributed by atoms with Crippen molar-refractivity contribution >= 4 is 11.3 Å². The Morgan fingerprint density at radius 1 is 1.35 bits per heavy atom. The van der Waals surface area contributed by atoms with E-state index in [0.29, 0.717) is 6.42 Å². The number of aromatic nitrogens is 2. The van der Waals surface area contributed by atoms with Crippen molar-refractivity contribution in [2.24, 2.45) is 0 Å². The highest BCUT2D eigenvalue weighted by Crippen LogP contribution is 2.20. The van der Waals surface area contributed by atoms with Crippen LogP contribution in [0, 0.1) is 25.2 Å². The molecule has 0 N–H and O–H groups in total. The number of hydrogen-bond donors (Lipinski definition) is 0. The summed E-state index contributed by atoms with van der Waals surface area (Å²) in [6, 6.07) is 6.23. The van der Waals surface area contributed by atoms with Crippen LogP contribution < -0.4 is 0 Å². The van der Waals surface area contributed by atoms with Crippen LogP contribution in [0.1, 0.15) is 27.6 Å². The summed E-state index contributed by atoms with van der Waals surface area (Å²) in [5.41, 5.74) is 2.27. The first-order chi connectivity index (χ1) is 9.69. The zero-order valence-corrected chi connectivity index (χ0v) is 12.7. The van der Waals surface area contributed by atoms with E-state index in [-0.39, 0.29) is 0 Å². The number of pyridine rings is 1. The van der Waals surface area contributed by atoms with Gasteiger partial charge in [0.15, 0.2) is 0 Å². The lowest BCUT2D eigenvalue weighted by atomic mass is 10.2. The first kappa shape index (κ1) is 14.6. The third-order valence-electron chi connectivity index (χ3n) is 3.04. The molecule has 4 nitrogen and oxygen atoms in total. The van der Waals surface area contributed by atoms with Crippen molar-refractivity contribution < 1.29 is 0 Å². The van der Waals surface area contributed by atoms with Crippen LogP contribution in [0.2, 0.25) is 0 Å². The zero-order chi connectivity index (χ0) is 14.4. The van der Waals surface area contributed by atoms with Gasteiger partial charge in [0.2, 0.25) is 0 Å². The number of thiazole rings is 1. The molecule has 0 fully saturated rings. The van der Waals surface area contributed by atoms with Crippen molar-refractivity contribution in [3.8, 4) is 6.07 Å². The molecule has 104 valence electrons. The zero-order valence-electron chi connectivity index (χ0n) is 11.8. The minimum Gasteiger partial charge on any atom is -0.293 e. The minimum absolute atomic E-state index is 0.539. The number of hydrogen-bond acceptors (Lipinski definition) is 5. The smallest absolute Gasteiger partial charge is 0.0900 e. The van der Waals surface area contributed by atoms with Crippen LogP contribution in [-0.2, 0) is 13.1 Å². The van der Waals surface area contributed by atoms with Crippen molar-refractivity contribution in [3.05, 3.63) is 45.7 Å². The fourth-order valence-electron chi connectivity index (χ4n) is 2.10. The van der Waals surface area contributed by atoms with Gasteiger partial charge in [0.25, 0.3) is 0 Å². The molecule has 0 aliphatic carbocycles. The summed E-state index contributed by atoms with van der Waals surface area (Å²) in [5, 5.41) is 9.90. The van der Waals surface area contributed by atoms with E-state index in [0.717, 1.165) is 30.3 Å². The molecule has 0 aliphatic heterocycles. The lowest BCUT2D eigenvalue weighted by Crippen LogP contribution is -2.23. The molecule has 2 aromatic heterocycles. The molecular weight excluding hydrogens is 268 g/mol. The predicted octanol–water partition coefficient (Wildman–Crippen LogP) is 3.07. The van der Waals surface area contributed by atoms with Gasteiger partial charge in [-0.25, -0.2) is 4.98 Å². The fraction of sp³-hybridized carbons (Fsp3) is 0.400. The number of nitriles is 1. The fourth-order valence-corrected chi connectivity index (χ4v) is 3.07. The monoisotopic (exact) mass is 286 g/mol. The Labute approximate surface area is 123 Å². The van der Waals surface area contributed by atoms with E-state index in [9.17, 15) is 0 Å². The Bertz CT molecular complexity index is 586. The lowest BCUT2D eigenvalue weighted by Gasteiger charge is -2.20. The molecule has 0 saturated heterocycles. The van der Waals surface area contributed by atoms with Gasteiger partial charge in [-0.05, 0) is 25.5 Å². The molecule has 2 rings (SSSR count). The maximum absolute atomic E-state index is 8.81. The highest BCUT2D eigenvalue weighted by molar-refractivity contribution is 7.11. The summed E-state index contributed by atoms with van der Waals surface area (Å²) in [6.45, 7) is 6.49. The van der Waals surface area contributed by atoms with Gasteiger partial charge in [-0.1, -0.05) is 6.07 Å². The molecular formula is C15H18N4S. The van der Waals surface area contributed by atoms with Gasteiger partial charge >= 0.3 is 0 Å². The summed E-state index contributed by atoms with van der Waals surface area (Å²) in [4.78, 5) is 12.2. The van der Waals surface area contributed by atoms with Gasteiger partial charge in [-0.2, -0.15) is 5.26 Å². The molecule has 2 heterocycles. The van der Waals surface area contributed by atoms with E-state index in [4.69, 9.17) is 5.26 Å². The first-order valence-corrected chi connectivity index (χ1v) is 7.42. The third kappa shape index (κ3) is 4.12. The Morgan fingerprint density at radius 3 is 2.80 bits per heavy atom. The van der Waals surface area contributed by atoms with E-state index in [1.165, 1.54) is 10.4 Å². The SMILES string of the molecule is Cc1nc(C)c(CN(CCC#N)Cc2cccnc2)s1. The van der Waals surface area contributed by atoms with Gasteiger partial charge in [-0.15, -0.1) is 11.3 Å².